The molecule has 11 heavy (non-hydrogen) atoms. The summed E-state index contributed by atoms with van der Waals surface area (Å²) in [6, 6.07) is 0. The van der Waals surface area contributed by atoms with Crippen molar-refractivity contribution in [3.05, 3.63) is 0 Å². The highest BCUT2D eigenvalue weighted by Gasteiger charge is 2.42. The van der Waals surface area contributed by atoms with Crippen molar-refractivity contribution in [2.45, 2.75) is 40.2 Å². The third-order valence-corrected chi connectivity index (χ3v) is 3.13. The molecule has 1 aliphatic rings. The normalized spacial score (nSPS) is 37.9. The van der Waals surface area contributed by atoms with E-state index in [0.29, 0.717) is 23.7 Å². The van der Waals surface area contributed by atoms with Crippen LogP contribution in [0.4, 0.5) is 0 Å². The number of rotatable bonds is 2. The van der Waals surface area contributed by atoms with Crippen LogP contribution in [0.5, 0.6) is 0 Å². The first-order valence-electron chi connectivity index (χ1n) is 4.72. The van der Waals surface area contributed by atoms with Crippen LogP contribution in [0.25, 0.3) is 0 Å². The molecule has 0 aromatic carbocycles. The van der Waals surface area contributed by atoms with E-state index in [-0.39, 0.29) is 6.10 Å². The monoisotopic (exact) mass is 156 g/mol. The van der Waals surface area contributed by atoms with Gasteiger partial charge in [0.25, 0.3) is 0 Å². The Morgan fingerprint density at radius 3 is 1.55 bits per heavy atom. The Morgan fingerprint density at radius 1 is 1.00 bits per heavy atom. The van der Waals surface area contributed by atoms with Crippen LogP contribution in [-0.4, -0.2) is 11.2 Å². The zero-order chi connectivity index (χ0) is 8.59. The Bertz CT molecular complexity index is 115. The van der Waals surface area contributed by atoms with Crippen molar-refractivity contribution in [3.8, 4) is 0 Å². The summed E-state index contributed by atoms with van der Waals surface area (Å²) in [6.07, 6.45) is 1.21. The Kier molecular flexibility index (Phi) is 2.58. The van der Waals surface area contributed by atoms with Gasteiger partial charge in [0.15, 0.2) is 0 Å². The van der Waals surface area contributed by atoms with Crippen LogP contribution in [0, 0.1) is 23.7 Å². The molecular formula is C10H20O. The summed E-state index contributed by atoms with van der Waals surface area (Å²) in [5.41, 5.74) is 0. The largest absolute Gasteiger partial charge is 0.393 e. The Labute approximate surface area is 69.8 Å². The van der Waals surface area contributed by atoms with Gasteiger partial charge in [-0.05, 0) is 30.1 Å². The van der Waals surface area contributed by atoms with Crippen molar-refractivity contribution in [3.63, 3.8) is 0 Å². The smallest absolute Gasteiger partial charge is 0.0601 e. The van der Waals surface area contributed by atoms with Crippen LogP contribution in [-0.2, 0) is 0 Å². The van der Waals surface area contributed by atoms with E-state index in [2.05, 4.69) is 27.7 Å². The molecule has 1 aliphatic carbocycles. The molecule has 0 aromatic rings. The molecule has 1 saturated carbocycles. The van der Waals surface area contributed by atoms with Crippen molar-refractivity contribution in [2.75, 3.05) is 0 Å². The van der Waals surface area contributed by atoms with Gasteiger partial charge >= 0.3 is 0 Å². The lowest BCUT2D eigenvalue weighted by Gasteiger charge is -2.46. The summed E-state index contributed by atoms with van der Waals surface area (Å²) in [6.45, 7) is 8.80. The molecule has 0 radical (unpaired) electrons. The SMILES string of the molecule is CC(C)C1CC(C(C)C)C1O. The van der Waals surface area contributed by atoms with Crippen LogP contribution >= 0.6 is 0 Å². The Morgan fingerprint density at radius 2 is 1.36 bits per heavy atom. The molecule has 1 N–H and O–H groups in total. The number of hydrogen-bond donors (Lipinski definition) is 1. The molecule has 0 heterocycles. The maximum Gasteiger partial charge on any atom is 0.0601 e. The molecule has 0 bridgehead atoms. The van der Waals surface area contributed by atoms with Gasteiger partial charge in [0.1, 0.15) is 0 Å². The first-order valence-corrected chi connectivity index (χ1v) is 4.72. The van der Waals surface area contributed by atoms with Crippen LogP contribution in [0.2, 0.25) is 0 Å². The Balaban J connectivity index is 2.38. The molecular weight excluding hydrogens is 136 g/mol. The van der Waals surface area contributed by atoms with E-state index in [4.69, 9.17) is 0 Å². The van der Waals surface area contributed by atoms with Crippen LogP contribution in [0.1, 0.15) is 34.1 Å². The highest BCUT2D eigenvalue weighted by Crippen LogP contribution is 2.42. The van der Waals surface area contributed by atoms with E-state index in [1.54, 1.807) is 0 Å². The predicted octanol–water partition coefficient (Wildman–Crippen LogP) is 2.30. The van der Waals surface area contributed by atoms with Crippen LogP contribution in [0.3, 0.4) is 0 Å². The molecule has 1 heteroatoms. The molecule has 66 valence electrons. The second-order valence-corrected chi connectivity index (χ2v) is 4.54. The summed E-state index contributed by atoms with van der Waals surface area (Å²) < 4.78 is 0. The standard InChI is InChI=1S/C10H20O/c1-6(2)8-5-9(7(3)4)10(8)11/h6-11H,5H2,1-4H3. The van der Waals surface area contributed by atoms with Crippen molar-refractivity contribution in [2.24, 2.45) is 23.7 Å². The van der Waals surface area contributed by atoms with E-state index in [1.165, 1.54) is 6.42 Å². The maximum atomic E-state index is 9.71. The minimum atomic E-state index is -0.0185. The summed E-state index contributed by atoms with van der Waals surface area (Å²) >= 11 is 0. The lowest BCUT2D eigenvalue weighted by molar-refractivity contribution is -0.0816. The van der Waals surface area contributed by atoms with Crippen molar-refractivity contribution in [1.29, 1.82) is 0 Å². The van der Waals surface area contributed by atoms with E-state index < -0.39 is 0 Å². The molecule has 1 rings (SSSR count). The zero-order valence-corrected chi connectivity index (χ0v) is 8.04. The molecule has 0 amide bonds. The van der Waals surface area contributed by atoms with Gasteiger partial charge in [-0.15, -0.1) is 0 Å². The van der Waals surface area contributed by atoms with Gasteiger partial charge in [-0.25, -0.2) is 0 Å². The van der Waals surface area contributed by atoms with Gasteiger partial charge in [0, 0.05) is 0 Å². The van der Waals surface area contributed by atoms with Gasteiger partial charge in [-0.2, -0.15) is 0 Å². The molecule has 2 atom stereocenters. The highest BCUT2D eigenvalue weighted by molar-refractivity contribution is 4.91. The van der Waals surface area contributed by atoms with Gasteiger partial charge in [-0.3, -0.25) is 0 Å². The quantitative estimate of drug-likeness (QED) is 0.650. The molecule has 0 aliphatic heterocycles. The summed E-state index contributed by atoms with van der Waals surface area (Å²) in [5.74, 6) is 2.45. The van der Waals surface area contributed by atoms with E-state index in [1.807, 2.05) is 0 Å². The van der Waals surface area contributed by atoms with Gasteiger partial charge < -0.3 is 5.11 Å². The third kappa shape index (κ3) is 1.58. The number of aliphatic hydroxyl groups excluding tert-OH is 1. The average Bonchev–Trinajstić information content (AvgIpc) is 1.82. The fourth-order valence-corrected chi connectivity index (χ4v) is 2.05. The Hall–Kier alpha value is -0.0400. The second kappa shape index (κ2) is 3.14. The topological polar surface area (TPSA) is 20.2 Å². The van der Waals surface area contributed by atoms with E-state index in [0.717, 1.165) is 0 Å². The predicted molar refractivity (Wildman–Crippen MR) is 47.3 cm³/mol. The average molecular weight is 156 g/mol. The van der Waals surface area contributed by atoms with Crippen molar-refractivity contribution < 1.29 is 5.11 Å². The number of hydrogen-bond acceptors (Lipinski definition) is 1. The molecule has 0 spiro atoms. The van der Waals surface area contributed by atoms with Crippen molar-refractivity contribution in [1.82, 2.24) is 0 Å². The molecule has 1 fully saturated rings. The lowest BCUT2D eigenvalue weighted by atomic mass is 9.63. The maximum absolute atomic E-state index is 9.71. The third-order valence-electron chi connectivity index (χ3n) is 3.13. The van der Waals surface area contributed by atoms with Gasteiger partial charge in [0.2, 0.25) is 0 Å². The van der Waals surface area contributed by atoms with E-state index >= 15 is 0 Å². The summed E-state index contributed by atoms with van der Waals surface area (Å²) in [4.78, 5) is 0. The highest BCUT2D eigenvalue weighted by atomic mass is 16.3. The van der Waals surface area contributed by atoms with Crippen LogP contribution in [0.15, 0.2) is 0 Å². The minimum Gasteiger partial charge on any atom is -0.393 e. The molecule has 2 unspecified atom stereocenters. The minimum absolute atomic E-state index is 0.0185. The fourth-order valence-electron chi connectivity index (χ4n) is 2.05. The first kappa shape index (κ1) is 9.05. The molecule has 0 saturated heterocycles. The summed E-state index contributed by atoms with van der Waals surface area (Å²) in [5, 5.41) is 9.71. The van der Waals surface area contributed by atoms with Crippen molar-refractivity contribution >= 4 is 0 Å². The summed E-state index contributed by atoms with van der Waals surface area (Å²) in [7, 11) is 0. The molecule has 0 aromatic heterocycles. The molecule has 1 nitrogen and oxygen atoms in total. The fraction of sp³-hybridized carbons (Fsp3) is 1.00. The lowest BCUT2D eigenvalue weighted by Crippen LogP contribution is -2.46. The van der Waals surface area contributed by atoms with Crippen LogP contribution < -0.4 is 0 Å². The van der Waals surface area contributed by atoms with E-state index in [9.17, 15) is 5.11 Å². The van der Waals surface area contributed by atoms with Gasteiger partial charge in [0.05, 0.1) is 6.10 Å². The number of aliphatic hydroxyl groups is 1. The van der Waals surface area contributed by atoms with Gasteiger partial charge in [-0.1, -0.05) is 27.7 Å². The zero-order valence-electron chi connectivity index (χ0n) is 8.04. The second-order valence-electron chi connectivity index (χ2n) is 4.54. The first-order chi connectivity index (χ1) is 5.04.